The highest BCUT2D eigenvalue weighted by Crippen LogP contribution is 2.27. The van der Waals surface area contributed by atoms with E-state index in [2.05, 4.69) is 15.8 Å². The molecule has 3 rings (SSSR count). The van der Waals surface area contributed by atoms with Gasteiger partial charge in [-0.3, -0.25) is 4.79 Å². The highest BCUT2D eigenvalue weighted by molar-refractivity contribution is 5.92. The van der Waals surface area contributed by atoms with Crippen LogP contribution in [0.15, 0.2) is 33.4 Å². The van der Waals surface area contributed by atoms with Crippen LogP contribution in [0, 0.1) is 5.92 Å². The molecule has 0 spiro atoms. The van der Waals surface area contributed by atoms with Crippen molar-refractivity contribution < 1.29 is 13.7 Å². The molecule has 1 saturated carbocycles. The fourth-order valence-electron chi connectivity index (χ4n) is 1.87. The van der Waals surface area contributed by atoms with Crippen LogP contribution in [0.4, 0.5) is 0 Å². The Labute approximate surface area is 116 Å². The van der Waals surface area contributed by atoms with Gasteiger partial charge in [0.2, 0.25) is 0 Å². The van der Waals surface area contributed by atoms with Crippen molar-refractivity contribution in [2.45, 2.75) is 25.9 Å². The molecule has 106 valence electrons. The molecule has 1 fully saturated rings. The third-order valence-corrected chi connectivity index (χ3v) is 3.22. The number of furan rings is 1. The molecular formula is C14H17N3O3. The fraction of sp³-hybridized carbons (Fsp3) is 0.429. The number of nitrogens with zero attached hydrogens (tertiary/aromatic N) is 1. The maximum Gasteiger partial charge on any atom is 0.273 e. The minimum Gasteiger partial charge on any atom is -0.468 e. The Morgan fingerprint density at radius 2 is 2.20 bits per heavy atom. The van der Waals surface area contributed by atoms with E-state index in [1.807, 2.05) is 12.1 Å². The topological polar surface area (TPSA) is 80.3 Å². The average molecular weight is 275 g/mol. The summed E-state index contributed by atoms with van der Waals surface area (Å²) >= 11 is 0. The van der Waals surface area contributed by atoms with Crippen molar-refractivity contribution >= 4 is 5.91 Å². The van der Waals surface area contributed by atoms with Gasteiger partial charge in [0.1, 0.15) is 5.76 Å². The summed E-state index contributed by atoms with van der Waals surface area (Å²) in [6, 6.07) is 5.40. The summed E-state index contributed by atoms with van der Waals surface area (Å²) in [7, 11) is 0. The molecule has 0 bridgehead atoms. The first-order chi connectivity index (χ1) is 9.81. The monoisotopic (exact) mass is 275 g/mol. The van der Waals surface area contributed by atoms with E-state index in [-0.39, 0.29) is 5.91 Å². The van der Waals surface area contributed by atoms with Gasteiger partial charge in [0.05, 0.1) is 19.4 Å². The summed E-state index contributed by atoms with van der Waals surface area (Å²) in [4.78, 5) is 11.8. The largest absolute Gasteiger partial charge is 0.468 e. The first-order valence-electron chi connectivity index (χ1n) is 6.78. The lowest BCUT2D eigenvalue weighted by Gasteiger charge is -1.99. The zero-order valence-electron chi connectivity index (χ0n) is 11.1. The lowest BCUT2D eigenvalue weighted by atomic mass is 10.3. The van der Waals surface area contributed by atoms with E-state index < -0.39 is 0 Å². The molecule has 2 aromatic heterocycles. The number of carbonyl (C=O) groups excluding carboxylic acids is 1. The first-order valence-corrected chi connectivity index (χ1v) is 6.78. The summed E-state index contributed by atoms with van der Waals surface area (Å²) in [5.41, 5.74) is 0.334. The van der Waals surface area contributed by atoms with Gasteiger partial charge in [0.15, 0.2) is 11.5 Å². The van der Waals surface area contributed by atoms with Gasteiger partial charge in [-0.25, -0.2) is 0 Å². The van der Waals surface area contributed by atoms with Crippen LogP contribution >= 0.6 is 0 Å². The highest BCUT2D eigenvalue weighted by atomic mass is 16.5. The summed E-state index contributed by atoms with van der Waals surface area (Å²) in [5, 5.41) is 9.79. The van der Waals surface area contributed by atoms with Gasteiger partial charge >= 0.3 is 0 Å². The first kappa shape index (κ1) is 12.9. The zero-order valence-corrected chi connectivity index (χ0v) is 11.1. The van der Waals surface area contributed by atoms with Crippen LogP contribution in [0.2, 0.25) is 0 Å². The summed E-state index contributed by atoms with van der Waals surface area (Å²) in [5.74, 6) is 1.97. The average Bonchev–Trinajstić information content (AvgIpc) is 2.93. The molecule has 0 radical (unpaired) electrons. The second-order valence-corrected chi connectivity index (χ2v) is 5.01. The van der Waals surface area contributed by atoms with Crippen molar-refractivity contribution in [3.05, 3.63) is 41.7 Å². The Hall–Kier alpha value is -2.08. The standard InChI is InChI=1S/C14H17N3O3/c18-14(16-7-10-3-4-10)13-6-12(20-17-13)9-15-8-11-2-1-5-19-11/h1-2,5-6,10,15H,3-4,7-9H2,(H,16,18). The minimum atomic E-state index is -0.169. The predicted octanol–water partition coefficient (Wildman–Crippen LogP) is 1.70. The number of hydrogen-bond acceptors (Lipinski definition) is 5. The van der Waals surface area contributed by atoms with Crippen LogP contribution in [0.1, 0.15) is 34.9 Å². The van der Waals surface area contributed by atoms with E-state index >= 15 is 0 Å². The van der Waals surface area contributed by atoms with E-state index in [4.69, 9.17) is 8.94 Å². The van der Waals surface area contributed by atoms with Crippen molar-refractivity contribution in [3.63, 3.8) is 0 Å². The third-order valence-electron chi connectivity index (χ3n) is 3.22. The van der Waals surface area contributed by atoms with Crippen molar-refractivity contribution in [3.8, 4) is 0 Å². The summed E-state index contributed by atoms with van der Waals surface area (Å²) < 4.78 is 10.3. The molecule has 2 heterocycles. The van der Waals surface area contributed by atoms with Crippen molar-refractivity contribution in [1.82, 2.24) is 15.8 Å². The van der Waals surface area contributed by atoms with Crippen LogP contribution in [-0.2, 0) is 13.1 Å². The SMILES string of the molecule is O=C(NCC1CC1)c1cc(CNCc2ccco2)on1. The third kappa shape index (κ3) is 3.48. The number of nitrogens with one attached hydrogen (secondary N) is 2. The maximum absolute atomic E-state index is 11.8. The van der Waals surface area contributed by atoms with Crippen molar-refractivity contribution in [1.29, 1.82) is 0 Å². The number of aromatic nitrogens is 1. The van der Waals surface area contributed by atoms with Crippen LogP contribution in [-0.4, -0.2) is 17.6 Å². The molecule has 0 aromatic carbocycles. The van der Waals surface area contributed by atoms with Gasteiger partial charge in [-0.2, -0.15) is 0 Å². The Kier molecular flexibility index (Phi) is 3.83. The van der Waals surface area contributed by atoms with E-state index in [1.165, 1.54) is 12.8 Å². The van der Waals surface area contributed by atoms with Crippen LogP contribution in [0.3, 0.4) is 0 Å². The van der Waals surface area contributed by atoms with Crippen LogP contribution in [0.25, 0.3) is 0 Å². The zero-order chi connectivity index (χ0) is 13.8. The Balaban J connectivity index is 1.44. The van der Waals surface area contributed by atoms with E-state index in [9.17, 15) is 4.79 Å². The molecule has 2 N–H and O–H groups in total. The predicted molar refractivity (Wildman–Crippen MR) is 70.8 cm³/mol. The van der Waals surface area contributed by atoms with Gasteiger partial charge in [-0.1, -0.05) is 5.16 Å². The summed E-state index contributed by atoms with van der Waals surface area (Å²) in [6.07, 6.45) is 4.05. The maximum atomic E-state index is 11.8. The smallest absolute Gasteiger partial charge is 0.273 e. The second-order valence-electron chi connectivity index (χ2n) is 5.01. The molecule has 2 aromatic rings. The molecule has 1 amide bonds. The molecule has 1 aliphatic rings. The lowest BCUT2D eigenvalue weighted by Crippen LogP contribution is -2.25. The van der Waals surface area contributed by atoms with Crippen LogP contribution in [0.5, 0.6) is 0 Å². The van der Waals surface area contributed by atoms with Gasteiger partial charge in [0, 0.05) is 12.6 Å². The van der Waals surface area contributed by atoms with E-state index in [0.717, 1.165) is 12.3 Å². The van der Waals surface area contributed by atoms with E-state index in [0.29, 0.717) is 30.5 Å². The molecule has 0 aliphatic heterocycles. The summed E-state index contributed by atoms with van der Waals surface area (Å²) in [6.45, 7) is 1.85. The van der Waals surface area contributed by atoms with Crippen molar-refractivity contribution in [2.75, 3.05) is 6.54 Å². The fourth-order valence-corrected chi connectivity index (χ4v) is 1.87. The molecule has 0 unspecified atom stereocenters. The normalized spacial score (nSPS) is 14.4. The Bertz CT molecular complexity index is 558. The van der Waals surface area contributed by atoms with Gasteiger partial charge in [0.25, 0.3) is 5.91 Å². The number of amides is 1. The molecule has 1 aliphatic carbocycles. The van der Waals surface area contributed by atoms with Gasteiger partial charge in [-0.05, 0) is 30.9 Å². The molecule has 20 heavy (non-hydrogen) atoms. The minimum absolute atomic E-state index is 0.169. The van der Waals surface area contributed by atoms with Crippen molar-refractivity contribution in [2.24, 2.45) is 5.92 Å². The molecule has 0 saturated heterocycles. The van der Waals surface area contributed by atoms with Gasteiger partial charge < -0.3 is 19.6 Å². The molecular weight excluding hydrogens is 258 g/mol. The number of hydrogen-bond donors (Lipinski definition) is 2. The van der Waals surface area contributed by atoms with Gasteiger partial charge in [-0.15, -0.1) is 0 Å². The Morgan fingerprint density at radius 1 is 1.35 bits per heavy atom. The Morgan fingerprint density at radius 3 is 2.95 bits per heavy atom. The molecule has 6 nitrogen and oxygen atoms in total. The number of rotatable bonds is 7. The van der Waals surface area contributed by atoms with E-state index in [1.54, 1.807) is 12.3 Å². The highest BCUT2D eigenvalue weighted by Gasteiger charge is 2.22. The second kappa shape index (κ2) is 5.92. The number of carbonyl (C=O) groups is 1. The molecule has 6 heteroatoms. The quantitative estimate of drug-likeness (QED) is 0.804. The lowest BCUT2D eigenvalue weighted by molar-refractivity contribution is 0.0942. The van der Waals surface area contributed by atoms with Crippen LogP contribution < -0.4 is 10.6 Å². The molecule has 0 atom stereocenters.